The number of hydrogen-bond acceptors (Lipinski definition) is 4. The number of rotatable bonds is 3. The summed E-state index contributed by atoms with van der Waals surface area (Å²) in [6, 6.07) is -0.979. The predicted molar refractivity (Wildman–Crippen MR) is 59.6 cm³/mol. The molecule has 0 aliphatic carbocycles. The molecule has 5 nitrogen and oxygen atoms in total. The number of amides is 1. The Balaban J connectivity index is 2.71. The maximum absolute atomic E-state index is 12.0. The quantitative estimate of drug-likeness (QED) is 0.697. The molecule has 1 aliphatic heterocycles. The lowest BCUT2D eigenvalue weighted by Gasteiger charge is -2.27. The number of carbonyl (C=O) groups is 2. The summed E-state index contributed by atoms with van der Waals surface area (Å²) in [4.78, 5) is 25.0. The number of likely N-dealkylation sites (tertiary alicyclic amines) is 1. The van der Waals surface area contributed by atoms with Crippen molar-refractivity contribution in [3.8, 4) is 0 Å². The minimum Gasteiger partial charge on any atom is -0.467 e. The van der Waals surface area contributed by atoms with Gasteiger partial charge in [-0.15, -0.1) is 0 Å². The van der Waals surface area contributed by atoms with Crippen molar-refractivity contribution in [1.82, 2.24) is 4.90 Å². The lowest BCUT2D eigenvalue weighted by molar-refractivity contribution is -0.151. The SMILES string of the molecule is COC(=O)C1CCCN1C(=O)C(N)C(C)C. The number of carbonyl (C=O) groups excluding carboxylic acids is 2. The van der Waals surface area contributed by atoms with E-state index in [4.69, 9.17) is 5.73 Å². The fourth-order valence-corrected chi connectivity index (χ4v) is 1.89. The summed E-state index contributed by atoms with van der Waals surface area (Å²) >= 11 is 0. The Hall–Kier alpha value is -1.10. The molecule has 1 aliphatic rings. The lowest BCUT2D eigenvalue weighted by Crippen LogP contribution is -2.50. The van der Waals surface area contributed by atoms with Gasteiger partial charge in [0.1, 0.15) is 6.04 Å². The highest BCUT2D eigenvalue weighted by atomic mass is 16.5. The molecule has 2 atom stereocenters. The van der Waals surface area contributed by atoms with Gasteiger partial charge in [-0.2, -0.15) is 0 Å². The molecular formula is C11H20N2O3. The molecule has 16 heavy (non-hydrogen) atoms. The molecule has 5 heteroatoms. The zero-order valence-electron chi connectivity index (χ0n) is 10.1. The molecule has 1 heterocycles. The monoisotopic (exact) mass is 228 g/mol. The van der Waals surface area contributed by atoms with Crippen molar-refractivity contribution in [3.63, 3.8) is 0 Å². The first kappa shape index (κ1) is 13.0. The van der Waals surface area contributed by atoms with Crippen LogP contribution in [0, 0.1) is 5.92 Å². The number of ether oxygens (including phenoxy) is 1. The second kappa shape index (κ2) is 5.30. The van der Waals surface area contributed by atoms with Gasteiger partial charge >= 0.3 is 5.97 Å². The van der Waals surface area contributed by atoms with Crippen molar-refractivity contribution in [3.05, 3.63) is 0 Å². The lowest BCUT2D eigenvalue weighted by atomic mass is 10.0. The first-order chi connectivity index (χ1) is 7.49. The highest BCUT2D eigenvalue weighted by molar-refractivity contribution is 5.88. The summed E-state index contributed by atoms with van der Waals surface area (Å²) in [5, 5.41) is 0. The van der Waals surface area contributed by atoms with Crippen LogP contribution in [0.1, 0.15) is 26.7 Å². The zero-order chi connectivity index (χ0) is 12.3. The maximum atomic E-state index is 12.0. The van der Waals surface area contributed by atoms with Gasteiger partial charge < -0.3 is 15.4 Å². The van der Waals surface area contributed by atoms with Crippen LogP contribution in [-0.2, 0) is 14.3 Å². The van der Waals surface area contributed by atoms with E-state index in [1.165, 1.54) is 7.11 Å². The Morgan fingerprint density at radius 2 is 2.06 bits per heavy atom. The molecule has 1 rings (SSSR count). The van der Waals surface area contributed by atoms with Crippen LogP contribution in [0.2, 0.25) is 0 Å². The first-order valence-electron chi connectivity index (χ1n) is 5.63. The zero-order valence-corrected chi connectivity index (χ0v) is 10.1. The Kier molecular flexibility index (Phi) is 4.29. The van der Waals surface area contributed by atoms with Crippen LogP contribution >= 0.6 is 0 Å². The molecule has 0 spiro atoms. The van der Waals surface area contributed by atoms with Gasteiger partial charge in [0.15, 0.2) is 0 Å². The molecule has 0 bridgehead atoms. The molecule has 2 N–H and O–H groups in total. The fraction of sp³-hybridized carbons (Fsp3) is 0.818. The van der Waals surface area contributed by atoms with E-state index in [2.05, 4.69) is 4.74 Å². The molecule has 0 aromatic rings. The second-order valence-electron chi connectivity index (χ2n) is 4.48. The van der Waals surface area contributed by atoms with Crippen LogP contribution in [0.5, 0.6) is 0 Å². The van der Waals surface area contributed by atoms with E-state index >= 15 is 0 Å². The Labute approximate surface area is 95.9 Å². The van der Waals surface area contributed by atoms with Gasteiger partial charge in [-0.05, 0) is 18.8 Å². The largest absolute Gasteiger partial charge is 0.467 e. The predicted octanol–water partition coefficient (Wildman–Crippen LogP) is 0.134. The summed E-state index contributed by atoms with van der Waals surface area (Å²) in [6.45, 7) is 4.39. The normalized spacial score (nSPS) is 22.3. The van der Waals surface area contributed by atoms with Crippen molar-refractivity contribution < 1.29 is 14.3 Å². The van der Waals surface area contributed by atoms with E-state index in [1.54, 1.807) is 4.90 Å². The first-order valence-corrected chi connectivity index (χ1v) is 5.63. The molecule has 1 fully saturated rings. The number of esters is 1. The van der Waals surface area contributed by atoms with Crippen molar-refractivity contribution in [1.29, 1.82) is 0 Å². The van der Waals surface area contributed by atoms with Gasteiger partial charge in [0.05, 0.1) is 13.2 Å². The standard InChI is InChI=1S/C11H20N2O3/c1-7(2)9(12)10(14)13-6-4-5-8(13)11(15)16-3/h7-9H,4-6,12H2,1-3H3. The van der Waals surface area contributed by atoms with Crippen molar-refractivity contribution in [2.45, 2.75) is 38.8 Å². The van der Waals surface area contributed by atoms with Crippen LogP contribution in [-0.4, -0.2) is 42.5 Å². The maximum Gasteiger partial charge on any atom is 0.328 e. The molecule has 92 valence electrons. The third kappa shape index (κ3) is 2.52. The van der Waals surface area contributed by atoms with E-state index in [9.17, 15) is 9.59 Å². The Bertz CT molecular complexity index is 278. The van der Waals surface area contributed by atoms with E-state index in [-0.39, 0.29) is 17.8 Å². The highest BCUT2D eigenvalue weighted by Crippen LogP contribution is 2.20. The molecule has 0 saturated carbocycles. The molecule has 1 amide bonds. The number of methoxy groups -OCH3 is 1. The molecular weight excluding hydrogens is 208 g/mol. The average Bonchev–Trinajstić information content (AvgIpc) is 2.74. The smallest absolute Gasteiger partial charge is 0.328 e. The molecule has 2 unspecified atom stereocenters. The Morgan fingerprint density at radius 3 is 2.56 bits per heavy atom. The second-order valence-corrected chi connectivity index (χ2v) is 4.48. The third-order valence-electron chi connectivity index (χ3n) is 3.01. The summed E-state index contributed by atoms with van der Waals surface area (Å²) in [5.74, 6) is -0.420. The van der Waals surface area contributed by atoms with Crippen LogP contribution in [0.3, 0.4) is 0 Å². The van der Waals surface area contributed by atoms with E-state index in [0.29, 0.717) is 13.0 Å². The minimum atomic E-state index is -0.537. The van der Waals surface area contributed by atoms with Gasteiger partial charge in [-0.1, -0.05) is 13.8 Å². The van der Waals surface area contributed by atoms with E-state index in [0.717, 1.165) is 6.42 Å². The van der Waals surface area contributed by atoms with Gasteiger partial charge in [-0.3, -0.25) is 4.79 Å². The topological polar surface area (TPSA) is 72.6 Å². The fourth-order valence-electron chi connectivity index (χ4n) is 1.89. The van der Waals surface area contributed by atoms with E-state index < -0.39 is 12.1 Å². The molecule has 0 radical (unpaired) electrons. The van der Waals surface area contributed by atoms with E-state index in [1.807, 2.05) is 13.8 Å². The molecule has 1 saturated heterocycles. The summed E-state index contributed by atoms with van der Waals surface area (Å²) in [6.07, 6.45) is 1.50. The highest BCUT2D eigenvalue weighted by Gasteiger charge is 2.37. The van der Waals surface area contributed by atoms with Gasteiger partial charge in [0.2, 0.25) is 5.91 Å². The number of nitrogens with zero attached hydrogens (tertiary/aromatic N) is 1. The van der Waals surface area contributed by atoms with Gasteiger partial charge in [0, 0.05) is 6.54 Å². The Morgan fingerprint density at radius 1 is 1.44 bits per heavy atom. The average molecular weight is 228 g/mol. The summed E-state index contributed by atoms with van der Waals surface area (Å²) in [7, 11) is 1.34. The third-order valence-corrected chi connectivity index (χ3v) is 3.01. The van der Waals surface area contributed by atoms with Crippen LogP contribution < -0.4 is 5.73 Å². The molecule has 0 aromatic carbocycles. The summed E-state index contributed by atoms with van der Waals surface area (Å²) in [5.41, 5.74) is 5.80. The molecule has 0 aromatic heterocycles. The van der Waals surface area contributed by atoms with Crippen LogP contribution in [0.4, 0.5) is 0 Å². The van der Waals surface area contributed by atoms with Gasteiger partial charge in [0.25, 0.3) is 0 Å². The minimum absolute atomic E-state index is 0.0754. The van der Waals surface area contributed by atoms with Crippen LogP contribution in [0.25, 0.3) is 0 Å². The van der Waals surface area contributed by atoms with Gasteiger partial charge in [-0.25, -0.2) is 4.79 Å². The summed E-state index contributed by atoms with van der Waals surface area (Å²) < 4.78 is 4.68. The van der Waals surface area contributed by atoms with Crippen LogP contribution in [0.15, 0.2) is 0 Å². The van der Waals surface area contributed by atoms with Crippen molar-refractivity contribution >= 4 is 11.9 Å². The number of hydrogen-bond donors (Lipinski definition) is 1. The van der Waals surface area contributed by atoms with Crippen molar-refractivity contribution in [2.24, 2.45) is 11.7 Å². The number of nitrogens with two attached hydrogens (primary N) is 1. The van der Waals surface area contributed by atoms with Crippen molar-refractivity contribution in [2.75, 3.05) is 13.7 Å².